The van der Waals surface area contributed by atoms with E-state index in [2.05, 4.69) is 5.16 Å². The summed E-state index contributed by atoms with van der Waals surface area (Å²) in [6.07, 6.45) is -0.0339. The number of oxime groups is 1. The Morgan fingerprint density at radius 3 is 2.45 bits per heavy atom. The highest BCUT2D eigenvalue weighted by molar-refractivity contribution is 6.08. The first-order valence-corrected chi connectivity index (χ1v) is 6.48. The van der Waals surface area contributed by atoms with Gasteiger partial charge in [0.25, 0.3) is 0 Å². The predicted molar refractivity (Wildman–Crippen MR) is 74.2 cm³/mol. The third-order valence-electron chi connectivity index (χ3n) is 3.16. The van der Waals surface area contributed by atoms with Crippen LogP contribution >= 0.6 is 0 Å². The van der Waals surface area contributed by atoms with Crippen molar-refractivity contribution in [3.63, 3.8) is 0 Å². The normalized spacial score (nSPS) is 25.4. The zero-order valence-electron chi connectivity index (χ0n) is 12.7. The largest absolute Gasteiger partial charge is 0.444 e. The Balaban J connectivity index is 2.91. The fourth-order valence-corrected chi connectivity index (χ4v) is 2.03. The maximum absolute atomic E-state index is 12.1. The fourth-order valence-electron chi connectivity index (χ4n) is 2.03. The van der Waals surface area contributed by atoms with E-state index in [-0.39, 0.29) is 6.54 Å². The molecule has 1 aliphatic heterocycles. The van der Waals surface area contributed by atoms with E-state index in [0.717, 1.165) is 0 Å². The first-order valence-electron chi connectivity index (χ1n) is 6.48. The van der Waals surface area contributed by atoms with Crippen LogP contribution in [0.5, 0.6) is 0 Å². The van der Waals surface area contributed by atoms with Crippen molar-refractivity contribution in [2.24, 2.45) is 16.3 Å². The Hall–Kier alpha value is -1.79. The van der Waals surface area contributed by atoms with Gasteiger partial charge in [-0.25, -0.2) is 4.79 Å². The molecule has 0 aromatic rings. The summed E-state index contributed by atoms with van der Waals surface area (Å²) in [4.78, 5) is 30.0. The summed E-state index contributed by atoms with van der Waals surface area (Å²) in [5.74, 6) is -0.540. The van der Waals surface area contributed by atoms with Crippen molar-refractivity contribution in [3.8, 4) is 0 Å². The van der Waals surface area contributed by atoms with Gasteiger partial charge in [0.15, 0.2) is 0 Å². The van der Waals surface area contributed by atoms with Crippen LogP contribution in [-0.2, 0) is 14.4 Å². The van der Waals surface area contributed by atoms with Gasteiger partial charge in [-0.15, -0.1) is 0 Å². The van der Waals surface area contributed by atoms with Crippen LogP contribution in [-0.4, -0.2) is 48.4 Å². The zero-order chi connectivity index (χ0) is 15.6. The van der Waals surface area contributed by atoms with E-state index in [9.17, 15) is 9.59 Å². The summed E-state index contributed by atoms with van der Waals surface area (Å²) in [6, 6.07) is 0. The Morgan fingerprint density at radius 1 is 1.40 bits per heavy atom. The minimum absolute atomic E-state index is 0.138. The number of nitrogens with zero attached hydrogens (tertiary/aromatic N) is 2. The molecular formula is C13H23N3O4. The van der Waals surface area contributed by atoms with Crippen LogP contribution in [0.2, 0.25) is 0 Å². The van der Waals surface area contributed by atoms with Gasteiger partial charge < -0.3 is 20.2 Å². The maximum atomic E-state index is 12.1. The molecule has 0 aliphatic carbocycles. The molecule has 114 valence electrons. The van der Waals surface area contributed by atoms with E-state index < -0.39 is 23.0 Å². The molecule has 20 heavy (non-hydrogen) atoms. The molecule has 1 rings (SSSR count). The number of hydrogen-bond donors (Lipinski definition) is 1. The first kappa shape index (κ1) is 16.3. The molecular weight excluding hydrogens is 262 g/mol. The quantitative estimate of drug-likeness (QED) is 0.769. The number of carbonyl (C=O) groups is 2. The molecule has 0 radical (unpaired) electrons. The number of nitrogens with two attached hydrogens (primary N) is 1. The van der Waals surface area contributed by atoms with E-state index in [0.29, 0.717) is 18.7 Å². The summed E-state index contributed by atoms with van der Waals surface area (Å²) in [5, 5.41) is 3.86. The topological polar surface area (TPSA) is 94.2 Å². The summed E-state index contributed by atoms with van der Waals surface area (Å²) in [5.41, 5.74) is 4.39. The summed E-state index contributed by atoms with van der Waals surface area (Å²) >= 11 is 0. The SMILES string of the molecule is CO/N=C1\CCN(C(=O)OC(C)(C)C)CC1(C)C(N)=O. The molecule has 1 aliphatic rings. The molecule has 1 heterocycles. The van der Waals surface area contributed by atoms with Gasteiger partial charge in [0, 0.05) is 19.5 Å². The summed E-state index contributed by atoms with van der Waals surface area (Å²) in [7, 11) is 1.41. The molecule has 0 spiro atoms. The molecule has 0 bridgehead atoms. The summed E-state index contributed by atoms with van der Waals surface area (Å²) in [6.45, 7) is 7.59. The van der Waals surface area contributed by atoms with Gasteiger partial charge in [-0.3, -0.25) is 4.79 Å². The lowest BCUT2D eigenvalue weighted by Gasteiger charge is -2.39. The highest BCUT2D eigenvalue weighted by Crippen LogP contribution is 2.28. The highest BCUT2D eigenvalue weighted by Gasteiger charge is 2.44. The van der Waals surface area contributed by atoms with Crippen molar-refractivity contribution in [1.82, 2.24) is 4.90 Å². The standard InChI is InChI=1S/C13H23N3O4/c1-12(2,3)20-11(18)16-7-6-9(15-19-5)13(4,8-16)10(14)17/h6-8H2,1-5H3,(H2,14,17)/b15-9+. The van der Waals surface area contributed by atoms with Gasteiger partial charge >= 0.3 is 6.09 Å². The minimum atomic E-state index is -1.04. The number of likely N-dealkylation sites (tertiary alicyclic amines) is 1. The molecule has 0 saturated carbocycles. The van der Waals surface area contributed by atoms with Crippen LogP contribution in [0.15, 0.2) is 5.16 Å². The molecule has 7 nitrogen and oxygen atoms in total. The van der Waals surface area contributed by atoms with Crippen LogP contribution in [0, 0.1) is 5.41 Å². The highest BCUT2D eigenvalue weighted by atomic mass is 16.6. The number of primary amides is 1. The van der Waals surface area contributed by atoms with E-state index in [1.165, 1.54) is 12.0 Å². The van der Waals surface area contributed by atoms with E-state index in [1.807, 2.05) is 0 Å². The lowest BCUT2D eigenvalue weighted by Crippen LogP contribution is -2.56. The average Bonchev–Trinajstić information content (AvgIpc) is 2.29. The Kier molecular flexibility index (Phi) is 4.62. The average molecular weight is 285 g/mol. The third kappa shape index (κ3) is 3.61. The van der Waals surface area contributed by atoms with Crippen LogP contribution in [0.4, 0.5) is 4.79 Å². The second-order valence-electron chi connectivity index (χ2n) is 6.07. The number of ether oxygens (including phenoxy) is 1. The van der Waals surface area contributed by atoms with Crippen molar-refractivity contribution in [2.75, 3.05) is 20.2 Å². The molecule has 1 fully saturated rings. The van der Waals surface area contributed by atoms with Gasteiger partial charge in [-0.1, -0.05) is 5.16 Å². The molecule has 7 heteroatoms. The minimum Gasteiger partial charge on any atom is -0.444 e. The van der Waals surface area contributed by atoms with Crippen LogP contribution in [0.1, 0.15) is 34.1 Å². The van der Waals surface area contributed by atoms with Crippen molar-refractivity contribution in [1.29, 1.82) is 0 Å². The molecule has 1 atom stereocenters. The molecule has 2 N–H and O–H groups in total. The van der Waals surface area contributed by atoms with Crippen LogP contribution < -0.4 is 5.73 Å². The lowest BCUT2D eigenvalue weighted by molar-refractivity contribution is -0.124. The fraction of sp³-hybridized carbons (Fsp3) is 0.769. The van der Waals surface area contributed by atoms with E-state index >= 15 is 0 Å². The Labute approximate surface area is 119 Å². The van der Waals surface area contributed by atoms with Crippen LogP contribution in [0.3, 0.4) is 0 Å². The van der Waals surface area contributed by atoms with Gasteiger partial charge in [0.05, 0.1) is 5.71 Å². The smallest absolute Gasteiger partial charge is 0.410 e. The number of piperidine rings is 1. The number of hydrogen-bond acceptors (Lipinski definition) is 5. The van der Waals surface area contributed by atoms with Gasteiger partial charge in [0.2, 0.25) is 5.91 Å². The van der Waals surface area contributed by atoms with E-state index in [4.69, 9.17) is 15.3 Å². The van der Waals surface area contributed by atoms with Crippen molar-refractivity contribution in [2.45, 2.75) is 39.7 Å². The maximum Gasteiger partial charge on any atom is 0.410 e. The molecule has 0 aromatic heterocycles. The van der Waals surface area contributed by atoms with E-state index in [1.54, 1.807) is 27.7 Å². The molecule has 0 aromatic carbocycles. The molecule has 1 unspecified atom stereocenters. The number of carbonyl (C=O) groups excluding carboxylic acids is 2. The third-order valence-corrected chi connectivity index (χ3v) is 3.16. The number of amides is 2. The van der Waals surface area contributed by atoms with Crippen molar-refractivity contribution in [3.05, 3.63) is 0 Å². The van der Waals surface area contributed by atoms with Gasteiger partial charge in [-0.2, -0.15) is 0 Å². The second kappa shape index (κ2) is 5.68. The lowest BCUT2D eigenvalue weighted by atomic mass is 9.79. The zero-order valence-corrected chi connectivity index (χ0v) is 12.7. The second-order valence-corrected chi connectivity index (χ2v) is 6.07. The monoisotopic (exact) mass is 285 g/mol. The Bertz CT molecular complexity index is 428. The van der Waals surface area contributed by atoms with Gasteiger partial charge in [0.1, 0.15) is 18.1 Å². The van der Waals surface area contributed by atoms with Gasteiger partial charge in [-0.05, 0) is 27.7 Å². The Morgan fingerprint density at radius 2 is 2.00 bits per heavy atom. The number of rotatable bonds is 2. The van der Waals surface area contributed by atoms with Crippen molar-refractivity contribution < 1.29 is 19.2 Å². The predicted octanol–water partition coefficient (Wildman–Crippen LogP) is 1.12. The molecule has 1 saturated heterocycles. The van der Waals surface area contributed by atoms with Crippen molar-refractivity contribution >= 4 is 17.7 Å². The summed E-state index contributed by atoms with van der Waals surface area (Å²) < 4.78 is 5.31. The first-order chi connectivity index (χ1) is 9.10. The molecule has 2 amide bonds. The van der Waals surface area contributed by atoms with Crippen LogP contribution in [0.25, 0.3) is 0 Å².